The first-order valence-electron chi connectivity index (χ1n) is 5.82. The fourth-order valence-corrected chi connectivity index (χ4v) is 1.75. The minimum atomic E-state index is -0.0199. The van der Waals surface area contributed by atoms with Gasteiger partial charge in [-0.3, -0.25) is 4.79 Å². The molecule has 0 aliphatic heterocycles. The van der Waals surface area contributed by atoms with Crippen molar-refractivity contribution in [1.82, 2.24) is 0 Å². The van der Waals surface area contributed by atoms with E-state index in [0.717, 1.165) is 17.5 Å². The van der Waals surface area contributed by atoms with Crippen LogP contribution in [-0.2, 0) is 0 Å². The molecule has 0 heterocycles. The van der Waals surface area contributed by atoms with Crippen molar-refractivity contribution < 1.29 is 4.79 Å². The van der Waals surface area contributed by atoms with Crippen LogP contribution in [0.4, 0.5) is 0 Å². The number of benzene rings is 1. The van der Waals surface area contributed by atoms with E-state index in [2.05, 4.69) is 13.0 Å². The van der Waals surface area contributed by atoms with Gasteiger partial charge in [-0.15, -0.1) is 0 Å². The maximum Gasteiger partial charge on any atom is 0.164 e. The molecule has 0 amide bonds. The Balaban J connectivity index is 2.96. The summed E-state index contributed by atoms with van der Waals surface area (Å²) in [6.45, 7) is 8.09. The molecule has 0 radical (unpaired) electrons. The zero-order chi connectivity index (χ0) is 12.3. The summed E-state index contributed by atoms with van der Waals surface area (Å²) >= 11 is 0. The topological polar surface area (TPSA) is 43.1 Å². The summed E-state index contributed by atoms with van der Waals surface area (Å²) in [5, 5.41) is 0. The molecule has 2 N–H and O–H groups in total. The second-order valence-corrected chi connectivity index (χ2v) is 4.55. The molecule has 2 nitrogen and oxygen atoms in total. The summed E-state index contributed by atoms with van der Waals surface area (Å²) < 4.78 is 0. The molecule has 2 heteroatoms. The Morgan fingerprint density at radius 3 is 2.31 bits per heavy atom. The van der Waals surface area contributed by atoms with Gasteiger partial charge in [-0.1, -0.05) is 13.0 Å². The molecule has 0 saturated carbocycles. The lowest BCUT2D eigenvalue weighted by molar-refractivity contribution is 0.0973. The number of aryl methyl sites for hydroxylation is 3. The lowest BCUT2D eigenvalue weighted by atomic mass is 9.95. The lowest BCUT2D eigenvalue weighted by Gasteiger charge is -2.11. The number of hydrogen-bond donors (Lipinski definition) is 1. The van der Waals surface area contributed by atoms with Gasteiger partial charge in [0.25, 0.3) is 0 Å². The molecule has 0 saturated heterocycles. The van der Waals surface area contributed by atoms with Crippen LogP contribution in [-0.4, -0.2) is 11.8 Å². The number of ketones is 1. The zero-order valence-electron chi connectivity index (χ0n) is 10.6. The third-order valence-electron chi connectivity index (χ3n) is 3.11. The van der Waals surface area contributed by atoms with E-state index >= 15 is 0 Å². The molecule has 0 fully saturated rings. The second-order valence-electron chi connectivity index (χ2n) is 4.55. The Hall–Kier alpha value is -1.15. The van der Waals surface area contributed by atoms with Gasteiger partial charge < -0.3 is 5.73 Å². The van der Waals surface area contributed by atoms with Crippen molar-refractivity contribution in [2.24, 2.45) is 5.73 Å². The third kappa shape index (κ3) is 2.92. The maximum absolute atomic E-state index is 12.0. The zero-order valence-corrected chi connectivity index (χ0v) is 10.6. The first kappa shape index (κ1) is 12.9. The highest BCUT2D eigenvalue weighted by molar-refractivity contribution is 5.98. The molecule has 1 aromatic rings. The number of Topliss-reactive ketones (excluding diaryl/α,β-unsaturated/α-hetero) is 1. The van der Waals surface area contributed by atoms with Crippen LogP contribution in [0.5, 0.6) is 0 Å². The molecule has 0 spiro atoms. The number of carbonyl (C=O) groups excluding carboxylic acids is 1. The summed E-state index contributed by atoms with van der Waals surface area (Å²) in [5.74, 6) is 0.162. The molecule has 1 rings (SSSR count). The Bertz CT molecular complexity index is 396. The molecular formula is C14H21NO. The first-order chi connectivity index (χ1) is 7.45. The van der Waals surface area contributed by atoms with Crippen LogP contribution < -0.4 is 5.73 Å². The highest BCUT2D eigenvalue weighted by Crippen LogP contribution is 2.17. The fourth-order valence-electron chi connectivity index (χ4n) is 1.75. The normalized spacial score (nSPS) is 12.6. The Morgan fingerprint density at radius 1 is 1.19 bits per heavy atom. The summed E-state index contributed by atoms with van der Waals surface area (Å²) in [4.78, 5) is 12.0. The summed E-state index contributed by atoms with van der Waals surface area (Å²) in [6, 6.07) is 4.03. The maximum atomic E-state index is 12.0. The van der Waals surface area contributed by atoms with Gasteiger partial charge in [-0.25, -0.2) is 0 Å². The largest absolute Gasteiger partial charge is 0.327 e. The average Bonchev–Trinajstić information content (AvgIpc) is 2.23. The van der Waals surface area contributed by atoms with Gasteiger partial charge in [-0.05, 0) is 49.9 Å². The predicted octanol–water partition coefficient (Wildman–Crippen LogP) is 2.92. The van der Waals surface area contributed by atoms with Crippen LogP contribution in [0, 0.1) is 20.8 Å². The van der Waals surface area contributed by atoms with E-state index in [9.17, 15) is 4.79 Å². The molecule has 16 heavy (non-hydrogen) atoms. The van der Waals surface area contributed by atoms with Gasteiger partial charge in [0.05, 0.1) is 0 Å². The first-order valence-corrected chi connectivity index (χ1v) is 5.82. The molecule has 0 aromatic heterocycles. The molecule has 1 unspecified atom stereocenters. The quantitative estimate of drug-likeness (QED) is 0.791. The minimum Gasteiger partial charge on any atom is -0.327 e. The van der Waals surface area contributed by atoms with Crippen molar-refractivity contribution >= 4 is 5.78 Å². The van der Waals surface area contributed by atoms with Gasteiger partial charge >= 0.3 is 0 Å². The van der Waals surface area contributed by atoms with E-state index in [1.54, 1.807) is 0 Å². The predicted molar refractivity (Wildman–Crippen MR) is 67.9 cm³/mol. The molecule has 1 aromatic carbocycles. The Kier molecular flexibility index (Phi) is 4.25. The summed E-state index contributed by atoms with van der Waals surface area (Å²) in [7, 11) is 0. The number of rotatable bonds is 4. The average molecular weight is 219 g/mol. The van der Waals surface area contributed by atoms with Crippen molar-refractivity contribution in [3.63, 3.8) is 0 Å². The van der Waals surface area contributed by atoms with Crippen molar-refractivity contribution in [3.8, 4) is 0 Å². The number of nitrogens with two attached hydrogens (primary N) is 1. The highest BCUT2D eigenvalue weighted by Gasteiger charge is 2.13. The number of carbonyl (C=O) groups is 1. The molecular weight excluding hydrogens is 198 g/mol. The van der Waals surface area contributed by atoms with Crippen LogP contribution in [0.15, 0.2) is 12.1 Å². The monoisotopic (exact) mass is 219 g/mol. The summed E-state index contributed by atoms with van der Waals surface area (Å²) in [6.07, 6.45) is 1.29. The van der Waals surface area contributed by atoms with Crippen molar-refractivity contribution in [2.45, 2.75) is 46.6 Å². The van der Waals surface area contributed by atoms with Crippen LogP contribution in [0.2, 0.25) is 0 Å². The van der Waals surface area contributed by atoms with Crippen LogP contribution in [0.1, 0.15) is 46.8 Å². The van der Waals surface area contributed by atoms with E-state index in [4.69, 9.17) is 5.73 Å². The van der Waals surface area contributed by atoms with Crippen LogP contribution in [0.3, 0.4) is 0 Å². The summed E-state index contributed by atoms with van der Waals surface area (Å²) in [5.41, 5.74) is 10.1. The van der Waals surface area contributed by atoms with E-state index < -0.39 is 0 Å². The third-order valence-corrected chi connectivity index (χ3v) is 3.11. The van der Waals surface area contributed by atoms with Crippen molar-refractivity contribution in [2.75, 3.05) is 0 Å². The van der Waals surface area contributed by atoms with E-state index in [-0.39, 0.29) is 11.8 Å². The minimum absolute atomic E-state index is 0.0199. The second kappa shape index (κ2) is 5.26. The van der Waals surface area contributed by atoms with E-state index in [1.807, 2.05) is 26.8 Å². The number of hydrogen-bond acceptors (Lipinski definition) is 2. The van der Waals surface area contributed by atoms with E-state index in [1.165, 1.54) is 11.1 Å². The van der Waals surface area contributed by atoms with Gasteiger partial charge in [0.2, 0.25) is 0 Å². The fraction of sp³-hybridized carbons (Fsp3) is 0.500. The lowest BCUT2D eigenvalue weighted by Crippen LogP contribution is -2.23. The Labute approximate surface area is 97.9 Å². The van der Waals surface area contributed by atoms with Gasteiger partial charge in [-0.2, -0.15) is 0 Å². The Morgan fingerprint density at radius 2 is 1.75 bits per heavy atom. The molecule has 0 bridgehead atoms. The van der Waals surface area contributed by atoms with Gasteiger partial charge in [0, 0.05) is 18.0 Å². The van der Waals surface area contributed by atoms with Gasteiger partial charge in [0.15, 0.2) is 5.78 Å². The van der Waals surface area contributed by atoms with Crippen LogP contribution in [0.25, 0.3) is 0 Å². The van der Waals surface area contributed by atoms with Gasteiger partial charge in [0.1, 0.15) is 0 Å². The smallest absolute Gasteiger partial charge is 0.164 e. The molecule has 1 atom stereocenters. The van der Waals surface area contributed by atoms with Crippen molar-refractivity contribution in [3.05, 3.63) is 34.4 Å². The molecule has 88 valence electrons. The SMILES string of the molecule is CCC(N)CC(=O)c1cc(C)c(C)cc1C. The molecule has 0 aliphatic carbocycles. The molecule has 0 aliphatic rings. The standard InChI is InChI=1S/C14H21NO/c1-5-12(15)8-14(16)13-7-10(3)9(2)6-11(13)4/h6-7,12H,5,8,15H2,1-4H3. The van der Waals surface area contributed by atoms with Crippen molar-refractivity contribution in [1.29, 1.82) is 0 Å². The highest BCUT2D eigenvalue weighted by atomic mass is 16.1. The van der Waals surface area contributed by atoms with Crippen LogP contribution >= 0.6 is 0 Å². The van der Waals surface area contributed by atoms with E-state index in [0.29, 0.717) is 6.42 Å².